The molecule has 2 aromatic carbocycles. The van der Waals surface area contributed by atoms with Crippen molar-refractivity contribution in [2.45, 2.75) is 11.3 Å². The summed E-state index contributed by atoms with van der Waals surface area (Å²) in [5, 5.41) is 3.83. The van der Waals surface area contributed by atoms with Gasteiger partial charge in [0.15, 0.2) is 0 Å². The molecule has 0 fully saturated rings. The summed E-state index contributed by atoms with van der Waals surface area (Å²) in [6.07, 6.45) is 2.21. The van der Waals surface area contributed by atoms with Crippen LogP contribution in [0.2, 0.25) is 0 Å². The fraction of sp³-hybridized carbons (Fsp3) is 0.182. The number of para-hydroxylation sites is 1. The van der Waals surface area contributed by atoms with Crippen LogP contribution in [0.3, 0.4) is 0 Å². The van der Waals surface area contributed by atoms with Gasteiger partial charge in [0, 0.05) is 28.7 Å². The molecule has 3 rings (SSSR count). The lowest BCUT2D eigenvalue weighted by Gasteiger charge is -2.05. The number of aromatic nitrogens is 1. The first-order chi connectivity index (χ1) is 13.3. The lowest BCUT2D eigenvalue weighted by molar-refractivity contribution is -0.120. The molecular weight excluding hydrogens is 356 g/mol. The van der Waals surface area contributed by atoms with E-state index in [0.717, 1.165) is 16.7 Å². The Hall–Kier alpha value is -2.97. The van der Waals surface area contributed by atoms with E-state index in [1.807, 2.05) is 60.7 Å². The molecule has 136 valence electrons. The largest absolute Gasteiger partial charge is 0.479 e. The van der Waals surface area contributed by atoms with E-state index in [1.165, 1.54) is 4.90 Å². The van der Waals surface area contributed by atoms with E-state index in [-0.39, 0.29) is 12.5 Å². The third kappa shape index (κ3) is 6.05. The molecule has 0 unspecified atom stereocenters. The zero-order valence-corrected chi connectivity index (χ0v) is 15.7. The van der Waals surface area contributed by atoms with Crippen LogP contribution in [0.5, 0.6) is 5.75 Å². The lowest BCUT2D eigenvalue weighted by atomic mass is 10.2. The number of hydrogen-bond donors (Lipinski definition) is 1. The number of thioether (sulfide) groups is 1. The third-order valence-corrected chi connectivity index (χ3v) is 4.75. The fourth-order valence-corrected chi connectivity index (χ4v) is 3.30. The van der Waals surface area contributed by atoms with E-state index < -0.39 is 0 Å². The number of pyridine rings is 1. The minimum absolute atomic E-state index is 0.00639. The van der Waals surface area contributed by atoms with Crippen LogP contribution in [-0.2, 0) is 4.79 Å². The Morgan fingerprint density at radius 3 is 2.78 bits per heavy atom. The molecule has 0 spiro atoms. The highest BCUT2D eigenvalue weighted by molar-refractivity contribution is 7.99. The Morgan fingerprint density at radius 1 is 1.04 bits per heavy atom. The average molecular weight is 376 g/mol. The van der Waals surface area contributed by atoms with Crippen molar-refractivity contribution in [2.24, 2.45) is 0 Å². The second-order valence-electron chi connectivity index (χ2n) is 5.66. The summed E-state index contributed by atoms with van der Waals surface area (Å²) in [5.74, 6) is 7.29. The van der Waals surface area contributed by atoms with Gasteiger partial charge in [-0.1, -0.05) is 48.2 Å². The SMILES string of the molecule is O=C(CCSc1ccccc1)NCC#CCOc1cccc2cccnc12. The van der Waals surface area contributed by atoms with Crippen LogP contribution in [-0.4, -0.2) is 29.8 Å². The number of rotatable bonds is 7. The molecule has 0 aliphatic heterocycles. The maximum Gasteiger partial charge on any atom is 0.221 e. The minimum atomic E-state index is 0.00639. The molecule has 1 N–H and O–H groups in total. The molecule has 27 heavy (non-hydrogen) atoms. The first kappa shape index (κ1) is 18.8. The van der Waals surface area contributed by atoms with E-state index in [4.69, 9.17) is 4.74 Å². The van der Waals surface area contributed by atoms with Crippen molar-refractivity contribution >= 4 is 28.6 Å². The second-order valence-corrected chi connectivity index (χ2v) is 6.83. The summed E-state index contributed by atoms with van der Waals surface area (Å²) in [7, 11) is 0. The number of carbonyl (C=O) groups excluding carboxylic acids is 1. The van der Waals surface area contributed by atoms with Gasteiger partial charge in [0.05, 0.1) is 6.54 Å². The van der Waals surface area contributed by atoms with Gasteiger partial charge in [-0.05, 0) is 24.3 Å². The average Bonchev–Trinajstić information content (AvgIpc) is 2.71. The minimum Gasteiger partial charge on any atom is -0.479 e. The molecule has 5 heteroatoms. The zero-order chi connectivity index (χ0) is 18.7. The standard InChI is InChI=1S/C22H20N2O2S/c25-21(13-17-27-19-10-2-1-3-11-19)23-14-4-5-16-26-20-12-6-8-18-9-7-15-24-22(18)20/h1-3,6-12,15H,13-14,16-17H2,(H,23,25). The highest BCUT2D eigenvalue weighted by atomic mass is 32.2. The van der Waals surface area contributed by atoms with E-state index in [9.17, 15) is 4.79 Å². The number of benzene rings is 2. The van der Waals surface area contributed by atoms with Gasteiger partial charge in [0.25, 0.3) is 0 Å². The number of hydrogen-bond acceptors (Lipinski definition) is 4. The molecule has 0 aliphatic carbocycles. The van der Waals surface area contributed by atoms with Gasteiger partial charge in [-0.25, -0.2) is 0 Å². The van der Waals surface area contributed by atoms with Crippen molar-refractivity contribution < 1.29 is 9.53 Å². The van der Waals surface area contributed by atoms with Gasteiger partial charge in [-0.3, -0.25) is 9.78 Å². The van der Waals surface area contributed by atoms with Crippen LogP contribution in [0, 0.1) is 11.8 Å². The normalized spacial score (nSPS) is 10.1. The molecule has 1 aromatic heterocycles. The van der Waals surface area contributed by atoms with Crippen molar-refractivity contribution in [1.82, 2.24) is 10.3 Å². The molecule has 0 aliphatic rings. The van der Waals surface area contributed by atoms with Crippen LogP contribution in [0.1, 0.15) is 6.42 Å². The molecule has 1 heterocycles. The fourth-order valence-electron chi connectivity index (χ4n) is 2.43. The van der Waals surface area contributed by atoms with Crippen molar-refractivity contribution in [1.29, 1.82) is 0 Å². The maximum absolute atomic E-state index is 11.8. The van der Waals surface area contributed by atoms with Gasteiger partial charge < -0.3 is 10.1 Å². The molecule has 0 saturated carbocycles. The number of nitrogens with one attached hydrogen (secondary N) is 1. The van der Waals surface area contributed by atoms with Crippen molar-refractivity contribution in [3.63, 3.8) is 0 Å². The van der Waals surface area contributed by atoms with E-state index in [1.54, 1.807) is 18.0 Å². The van der Waals surface area contributed by atoms with Crippen molar-refractivity contribution in [3.8, 4) is 17.6 Å². The Bertz CT molecular complexity index is 943. The number of amides is 1. The number of ether oxygens (including phenoxy) is 1. The maximum atomic E-state index is 11.8. The topological polar surface area (TPSA) is 51.2 Å². The highest BCUT2D eigenvalue weighted by Gasteiger charge is 2.02. The monoisotopic (exact) mass is 376 g/mol. The number of fused-ring (bicyclic) bond motifs is 1. The Kier molecular flexibility index (Phi) is 7.14. The summed E-state index contributed by atoms with van der Waals surface area (Å²) >= 11 is 1.67. The Labute approximate surface area is 163 Å². The number of carbonyl (C=O) groups is 1. The molecule has 0 atom stereocenters. The predicted octanol–water partition coefficient (Wildman–Crippen LogP) is 3.92. The van der Waals surface area contributed by atoms with E-state index >= 15 is 0 Å². The molecule has 1 amide bonds. The van der Waals surface area contributed by atoms with E-state index in [2.05, 4.69) is 22.1 Å². The predicted molar refractivity (Wildman–Crippen MR) is 110 cm³/mol. The molecule has 3 aromatic rings. The second kappa shape index (κ2) is 10.2. The summed E-state index contributed by atoms with van der Waals surface area (Å²) in [5.41, 5.74) is 0.825. The van der Waals surface area contributed by atoms with Gasteiger partial charge in [0.1, 0.15) is 17.9 Å². The Morgan fingerprint density at radius 2 is 1.89 bits per heavy atom. The smallest absolute Gasteiger partial charge is 0.221 e. The summed E-state index contributed by atoms with van der Waals surface area (Å²) < 4.78 is 5.69. The first-order valence-electron chi connectivity index (χ1n) is 8.70. The Balaban J connectivity index is 1.35. The van der Waals surface area contributed by atoms with Crippen LogP contribution in [0.4, 0.5) is 0 Å². The summed E-state index contributed by atoms with van der Waals surface area (Å²) in [6.45, 7) is 0.585. The highest BCUT2D eigenvalue weighted by Crippen LogP contribution is 2.22. The van der Waals surface area contributed by atoms with Crippen LogP contribution in [0.25, 0.3) is 10.9 Å². The molecule has 0 bridgehead atoms. The quantitative estimate of drug-likeness (QED) is 0.502. The lowest BCUT2D eigenvalue weighted by Crippen LogP contribution is -2.23. The summed E-state index contributed by atoms with van der Waals surface area (Å²) in [6, 6.07) is 19.7. The summed E-state index contributed by atoms with van der Waals surface area (Å²) in [4.78, 5) is 17.3. The van der Waals surface area contributed by atoms with E-state index in [0.29, 0.717) is 18.7 Å². The van der Waals surface area contributed by atoms with Crippen LogP contribution in [0.15, 0.2) is 71.8 Å². The van der Waals surface area contributed by atoms with Gasteiger partial charge in [0.2, 0.25) is 5.91 Å². The van der Waals surface area contributed by atoms with Crippen LogP contribution < -0.4 is 10.1 Å². The molecular formula is C22H20N2O2S. The zero-order valence-electron chi connectivity index (χ0n) is 14.9. The molecule has 4 nitrogen and oxygen atoms in total. The van der Waals surface area contributed by atoms with Crippen LogP contribution >= 0.6 is 11.8 Å². The number of nitrogens with zero attached hydrogens (tertiary/aromatic N) is 1. The molecule has 0 saturated heterocycles. The van der Waals surface area contributed by atoms with Crippen molar-refractivity contribution in [2.75, 3.05) is 18.9 Å². The van der Waals surface area contributed by atoms with Crippen molar-refractivity contribution in [3.05, 3.63) is 66.9 Å². The van der Waals surface area contributed by atoms with Gasteiger partial charge >= 0.3 is 0 Å². The first-order valence-corrected chi connectivity index (χ1v) is 9.68. The third-order valence-electron chi connectivity index (χ3n) is 3.74. The molecule has 0 radical (unpaired) electrons. The van der Waals surface area contributed by atoms with Gasteiger partial charge in [-0.15, -0.1) is 11.8 Å². The van der Waals surface area contributed by atoms with Gasteiger partial charge in [-0.2, -0.15) is 0 Å².